The molecule has 4 heteroatoms. The van der Waals surface area contributed by atoms with Crippen LogP contribution in [0.15, 0.2) is 4.99 Å². The molecule has 1 N–H and O–H groups in total. The SMILES string of the molecule is CN=C(NCCOC)N1CC(C)CC(C)C1. The lowest BCUT2D eigenvalue weighted by Gasteiger charge is -2.37. The molecule has 2 unspecified atom stereocenters. The first-order valence-electron chi connectivity index (χ1n) is 6.12. The Labute approximate surface area is 99.1 Å². The minimum absolute atomic E-state index is 0.720. The Balaban J connectivity index is 2.45. The summed E-state index contributed by atoms with van der Waals surface area (Å²) in [4.78, 5) is 6.68. The molecule has 1 fully saturated rings. The van der Waals surface area contributed by atoms with Crippen LogP contribution in [0.3, 0.4) is 0 Å². The Bertz CT molecular complexity index is 220. The van der Waals surface area contributed by atoms with Gasteiger partial charge in [0.15, 0.2) is 5.96 Å². The number of hydrogen-bond donors (Lipinski definition) is 1. The summed E-state index contributed by atoms with van der Waals surface area (Å²) >= 11 is 0. The van der Waals surface area contributed by atoms with Gasteiger partial charge in [-0.05, 0) is 18.3 Å². The fourth-order valence-corrected chi connectivity index (χ4v) is 2.43. The molecule has 0 aromatic carbocycles. The molecule has 0 bridgehead atoms. The second-order valence-electron chi connectivity index (χ2n) is 4.82. The van der Waals surface area contributed by atoms with Gasteiger partial charge in [0.25, 0.3) is 0 Å². The monoisotopic (exact) mass is 227 g/mol. The molecule has 4 nitrogen and oxygen atoms in total. The van der Waals surface area contributed by atoms with Crippen LogP contribution in [0.4, 0.5) is 0 Å². The number of methoxy groups -OCH3 is 1. The summed E-state index contributed by atoms with van der Waals surface area (Å²) in [7, 11) is 3.56. The summed E-state index contributed by atoms with van der Waals surface area (Å²) in [5.74, 6) is 2.52. The summed E-state index contributed by atoms with van der Waals surface area (Å²) in [6.07, 6.45) is 1.32. The third-order valence-corrected chi connectivity index (χ3v) is 2.97. The van der Waals surface area contributed by atoms with E-state index >= 15 is 0 Å². The molecule has 94 valence electrons. The van der Waals surface area contributed by atoms with Gasteiger partial charge in [-0.15, -0.1) is 0 Å². The maximum atomic E-state index is 5.03. The first-order chi connectivity index (χ1) is 7.67. The molecule has 0 aromatic rings. The fraction of sp³-hybridized carbons (Fsp3) is 0.917. The highest BCUT2D eigenvalue weighted by atomic mass is 16.5. The Morgan fingerprint density at radius 3 is 2.50 bits per heavy atom. The molecule has 1 heterocycles. The highest BCUT2D eigenvalue weighted by Gasteiger charge is 2.23. The largest absolute Gasteiger partial charge is 0.383 e. The zero-order valence-electron chi connectivity index (χ0n) is 11.0. The molecule has 2 atom stereocenters. The van der Waals surface area contributed by atoms with Crippen molar-refractivity contribution in [3.05, 3.63) is 0 Å². The third kappa shape index (κ3) is 4.00. The number of ether oxygens (including phenoxy) is 1. The highest BCUT2D eigenvalue weighted by molar-refractivity contribution is 5.80. The van der Waals surface area contributed by atoms with Crippen molar-refractivity contribution < 1.29 is 4.74 Å². The van der Waals surface area contributed by atoms with Crippen molar-refractivity contribution in [2.75, 3.05) is 40.4 Å². The van der Waals surface area contributed by atoms with Crippen LogP contribution in [0, 0.1) is 11.8 Å². The van der Waals surface area contributed by atoms with Gasteiger partial charge in [0.05, 0.1) is 6.61 Å². The predicted octanol–water partition coefficient (Wildman–Crippen LogP) is 1.19. The number of aliphatic imine (C=N–C) groups is 1. The molecule has 0 spiro atoms. The first-order valence-corrected chi connectivity index (χ1v) is 6.12. The molecule has 0 saturated carbocycles. The maximum absolute atomic E-state index is 5.03. The summed E-state index contributed by atoms with van der Waals surface area (Å²) in [6, 6.07) is 0. The average Bonchev–Trinajstić information content (AvgIpc) is 2.23. The van der Waals surface area contributed by atoms with Gasteiger partial charge in [0.2, 0.25) is 0 Å². The van der Waals surface area contributed by atoms with Crippen LogP contribution >= 0.6 is 0 Å². The third-order valence-electron chi connectivity index (χ3n) is 2.97. The number of nitrogens with zero attached hydrogens (tertiary/aromatic N) is 2. The Morgan fingerprint density at radius 1 is 1.38 bits per heavy atom. The lowest BCUT2D eigenvalue weighted by Crippen LogP contribution is -2.49. The van der Waals surface area contributed by atoms with Crippen molar-refractivity contribution in [3.63, 3.8) is 0 Å². The average molecular weight is 227 g/mol. The van der Waals surface area contributed by atoms with E-state index in [0.717, 1.165) is 44.0 Å². The first kappa shape index (κ1) is 13.3. The van der Waals surface area contributed by atoms with E-state index < -0.39 is 0 Å². The van der Waals surface area contributed by atoms with E-state index in [9.17, 15) is 0 Å². The second-order valence-corrected chi connectivity index (χ2v) is 4.82. The molecule has 0 aromatic heterocycles. The van der Waals surface area contributed by atoms with Crippen molar-refractivity contribution in [2.24, 2.45) is 16.8 Å². The number of nitrogens with one attached hydrogen (secondary N) is 1. The predicted molar refractivity (Wildman–Crippen MR) is 67.8 cm³/mol. The smallest absolute Gasteiger partial charge is 0.193 e. The molecular weight excluding hydrogens is 202 g/mol. The molecule has 0 amide bonds. The molecule has 16 heavy (non-hydrogen) atoms. The van der Waals surface area contributed by atoms with Crippen molar-refractivity contribution in [2.45, 2.75) is 20.3 Å². The summed E-state index contributed by atoms with van der Waals surface area (Å²) in [5.41, 5.74) is 0. The van der Waals surface area contributed by atoms with Crippen LogP contribution in [0.25, 0.3) is 0 Å². The van der Waals surface area contributed by atoms with E-state index in [2.05, 4.69) is 29.1 Å². The minimum atomic E-state index is 0.720. The molecule has 1 rings (SSSR count). The van der Waals surface area contributed by atoms with Crippen LogP contribution in [-0.4, -0.2) is 51.3 Å². The molecule has 0 radical (unpaired) electrons. The molecule has 1 saturated heterocycles. The van der Waals surface area contributed by atoms with E-state index in [1.807, 2.05) is 7.05 Å². The second kappa shape index (κ2) is 6.74. The van der Waals surface area contributed by atoms with Crippen molar-refractivity contribution in [1.29, 1.82) is 0 Å². The van der Waals surface area contributed by atoms with E-state index in [0.29, 0.717) is 0 Å². The van der Waals surface area contributed by atoms with Crippen molar-refractivity contribution >= 4 is 5.96 Å². The fourth-order valence-electron chi connectivity index (χ4n) is 2.43. The lowest BCUT2D eigenvalue weighted by molar-refractivity contribution is 0.193. The van der Waals surface area contributed by atoms with Gasteiger partial charge in [0, 0.05) is 33.8 Å². The molecule has 1 aliphatic heterocycles. The van der Waals surface area contributed by atoms with Crippen LogP contribution in [0.2, 0.25) is 0 Å². The number of piperidine rings is 1. The maximum Gasteiger partial charge on any atom is 0.193 e. The molecular formula is C12H25N3O. The topological polar surface area (TPSA) is 36.9 Å². The standard InChI is InChI=1S/C12H25N3O/c1-10-7-11(2)9-15(8-10)12(13-3)14-5-6-16-4/h10-11H,5-9H2,1-4H3,(H,13,14). The van der Waals surface area contributed by atoms with Crippen LogP contribution in [0.1, 0.15) is 20.3 Å². The zero-order chi connectivity index (χ0) is 12.0. The van der Waals surface area contributed by atoms with Crippen LogP contribution < -0.4 is 5.32 Å². The van der Waals surface area contributed by atoms with Gasteiger partial charge in [0.1, 0.15) is 0 Å². The minimum Gasteiger partial charge on any atom is -0.383 e. The number of guanidine groups is 1. The van der Waals surface area contributed by atoms with Crippen LogP contribution in [0.5, 0.6) is 0 Å². The van der Waals surface area contributed by atoms with Gasteiger partial charge >= 0.3 is 0 Å². The van der Waals surface area contributed by atoms with Gasteiger partial charge < -0.3 is 15.0 Å². The van der Waals surface area contributed by atoms with E-state index in [-0.39, 0.29) is 0 Å². The lowest BCUT2D eigenvalue weighted by atomic mass is 9.92. The van der Waals surface area contributed by atoms with Gasteiger partial charge in [-0.3, -0.25) is 4.99 Å². The van der Waals surface area contributed by atoms with Crippen LogP contribution in [-0.2, 0) is 4.74 Å². The van der Waals surface area contributed by atoms with E-state index in [1.54, 1.807) is 7.11 Å². The normalized spacial score (nSPS) is 27.0. The zero-order valence-corrected chi connectivity index (χ0v) is 11.0. The van der Waals surface area contributed by atoms with E-state index in [4.69, 9.17) is 4.74 Å². The van der Waals surface area contributed by atoms with Gasteiger partial charge in [-0.25, -0.2) is 0 Å². The Morgan fingerprint density at radius 2 is 2.00 bits per heavy atom. The van der Waals surface area contributed by atoms with Crippen molar-refractivity contribution in [3.8, 4) is 0 Å². The summed E-state index contributed by atoms with van der Waals surface area (Å²) in [5, 5.41) is 3.33. The quantitative estimate of drug-likeness (QED) is 0.447. The molecule has 0 aliphatic carbocycles. The Kier molecular flexibility index (Phi) is 5.60. The van der Waals surface area contributed by atoms with Gasteiger partial charge in [-0.2, -0.15) is 0 Å². The summed E-state index contributed by atoms with van der Waals surface area (Å²) in [6.45, 7) is 8.38. The van der Waals surface area contributed by atoms with Gasteiger partial charge in [-0.1, -0.05) is 13.8 Å². The van der Waals surface area contributed by atoms with Crippen molar-refractivity contribution in [1.82, 2.24) is 10.2 Å². The number of hydrogen-bond acceptors (Lipinski definition) is 2. The molecule has 1 aliphatic rings. The number of likely N-dealkylation sites (tertiary alicyclic amines) is 1. The number of rotatable bonds is 3. The highest BCUT2D eigenvalue weighted by Crippen LogP contribution is 2.20. The summed E-state index contributed by atoms with van der Waals surface area (Å²) < 4.78 is 5.03. The Hall–Kier alpha value is -0.770. The van der Waals surface area contributed by atoms with E-state index in [1.165, 1.54) is 6.42 Å².